The molecular weight excluding hydrogens is 413 g/mol. The quantitative estimate of drug-likeness (QED) is 0.468. The van der Waals surface area contributed by atoms with Crippen LogP contribution in [0.4, 0.5) is 4.39 Å². The van der Waals surface area contributed by atoms with Crippen LogP contribution in [0, 0.1) is 5.82 Å². The molecule has 0 saturated heterocycles. The second kappa shape index (κ2) is 8.01. The van der Waals surface area contributed by atoms with E-state index in [1.54, 1.807) is 48.7 Å². The topological polar surface area (TPSA) is 94.9 Å². The van der Waals surface area contributed by atoms with Crippen LogP contribution >= 0.6 is 0 Å². The van der Waals surface area contributed by atoms with E-state index in [1.165, 1.54) is 0 Å². The van der Waals surface area contributed by atoms with Crippen molar-refractivity contribution < 1.29 is 28.2 Å². The summed E-state index contributed by atoms with van der Waals surface area (Å²) >= 11 is 0. The fourth-order valence-corrected chi connectivity index (χ4v) is 4.05. The van der Waals surface area contributed by atoms with Gasteiger partial charge in [-0.05, 0) is 29.8 Å². The zero-order valence-corrected chi connectivity index (χ0v) is 17.0. The first kappa shape index (κ1) is 20.1. The van der Waals surface area contributed by atoms with E-state index in [9.17, 15) is 9.90 Å². The summed E-state index contributed by atoms with van der Waals surface area (Å²) in [6, 6.07) is 15.8. The van der Waals surface area contributed by atoms with E-state index in [4.69, 9.17) is 19.6 Å². The summed E-state index contributed by atoms with van der Waals surface area (Å²) in [7, 11) is 0. The van der Waals surface area contributed by atoms with E-state index in [2.05, 4.69) is 0 Å². The summed E-state index contributed by atoms with van der Waals surface area (Å²) in [6.07, 6.45) is 0.875. The third kappa shape index (κ3) is 3.46. The van der Waals surface area contributed by atoms with Gasteiger partial charge in [-0.1, -0.05) is 30.3 Å². The number of carbonyl (C=O) groups is 1. The molecule has 1 atom stereocenters. The minimum Gasteiger partial charge on any atom is -0.485 e. The molecule has 0 aliphatic carbocycles. The molecule has 3 N–H and O–H groups in total. The summed E-state index contributed by atoms with van der Waals surface area (Å²) in [4.78, 5) is 11.3. The van der Waals surface area contributed by atoms with Gasteiger partial charge in [-0.3, -0.25) is 4.79 Å². The molecular formula is C25H20FNO5. The second-order valence-electron chi connectivity index (χ2n) is 7.62. The van der Waals surface area contributed by atoms with Gasteiger partial charge >= 0.3 is 5.97 Å². The predicted octanol–water partition coefficient (Wildman–Crippen LogP) is 4.84. The van der Waals surface area contributed by atoms with Gasteiger partial charge in [0.1, 0.15) is 18.0 Å². The summed E-state index contributed by atoms with van der Waals surface area (Å²) < 4.78 is 32.9. The van der Waals surface area contributed by atoms with Gasteiger partial charge < -0.3 is 24.7 Å². The average Bonchev–Trinajstić information content (AvgIpc) is 3.27. The van der Waals surface area contributed by atoms with Crippen LogP contribution in [-0.4, -0.2) is 17.7 Å². The Bertz CT molecular complexity index is 1330. The zero-order valence-electron chi connectivity index (χ0n) is 17.0. The number of fused-ring (bicyclic) bond motifs is 2. The van der Waals surface area contributed by atoms with Crippen LogP contribution in [-0.2, 0) is 17.8 Å². The molecule has 7 heteroatoms. The number of carboxylic acids is 1. The van der Waals surface area contributed by atoms with Gasteiger partial charge in [0, 0.05) is 34.2 Å². The predicted molar refractivity (Wildman–Crippen MR) is 116 cm³/mol. The summed E-state index contributed by atoms with van der Waals surface area (Å²) in [5, 5.41) is 10.0. The Morgan fingerprint density at radius 2 is 1.91 bits per heavy atom. The fraction of sp³-hybridized carbons (Fsp3) is 0.160. The van der Waals surface area contributed by atoms with Crippen LogP contribution < -0.4 is 15.2 Å². The minimum atomic E-state index is -0.957. The highest BCUT2D eigenvalue weighted by atomic mass is 19.1. The third-order valence-corrected chi connectivity index (χ3v) is 5.59. The van der Waals surface area contributed by atoms with E-state index in [0.29, 0.717) is 39.3 Å². The Morgan fingerprint density at radius 3 is 2.72 bits per heavy atom. The number of rotatable bonds is 5. The van der Waals surface area contributed by atoms with Crippen LogP contribution in [0.15, 0.2) is 65.3 Å². The molecule has 1 aromatic heterocycles. The van der Waals surface area contributed by atoms with Crippen LogP contribution in [0.1, 0.15) is 22.8 Å². The Morgan fingerprint density at radius 1 is 1.09 bits per heavy atom. The molecule has 2 heterocycles. The molecule has 6 nitrogen and oxygen atoms in total. The Hall–Kier alpha value is -3.84. The first-order valence-corrected chi connectivity index (χ1v) is 10.2. The maximum atomic E-state index is 15.1. The second-order valence-corrected chi connectivity index (χ2v) is 7.62. The van der Waals surface area contributed by atoms with Crippen molar-refractivity contribution in [3.05, 3.63) is 83.4 Å². The molecule has 3 aromatic carbocycles. The van der Waals surface area contributed by atoms with Crippen LogP contribution in [0.2, 0.25) is 0 Å². The minimum absolute atomic E-state index is 0.0867. The van der Waals surface area contributed by atoms with E-state index in [0.717, 1.165) is 10.9 Å². The van der Waals surface area contributed by atoms with Crippen LogP contribution in [0.5, 0.6) is 11.5 Å². The van der Waals surface area contributed by atoms with Gasteiger partial charge in [-0.25, -0.2) is 4.39 Å². The van der Waals surface area contributed by atoms with E-state index >= 15 is 4.39 Å². The lowest BCUT2D eigenvalue weighted by molar-refractivity contribution is -0.136. The number of nitrogens with two attached hydrogens (primary N) is 1. The molecule has 32 heavy (non-hydrogen) atoms. The SMILES string of the molecule is NCc1cccc(-c2cc(C3COc4cccc(CC(=O)O)c4O3)cc3ccoc23)c1F. The lowest BCUT2D eigenvalue weighted by atomic mass is 9.96. The smallest absolute Gasteiger partial charge is 0.307 e. The van der Waals surface area contributed by atoms with E-state index in [1.807, 2.05) is 12.1 Å². The standard InChI is InChI=1S/C25H20FNO5/c26-23-16(12-27)4-1-5-18(23)19-10-17(9-15-7-8-30-24(15)19)21-13-31-20-6-2-3-14(11-22(28)29)25(20)32-21/h1-10,21H,11-13,27H2,(H,28,29). The molecule has 4 aromatic rings. The van der Waals surface area contributed by atoms with Crippen molar-refractivity contribution in [2.24, 2.45) is 5.73 Å². The Labute approximate surface area is 183 Å². The summed E-state index contributed by atoms with van der Waals surface area (Å²) in [5.74, 6) is -0.427. The van der Waals surface area contributed by atoms with Crippen molar-refractivity contribution in [2.75, 3.05) is 6.61 Å². The molecule has 0 fully saturated rings. The molecule has 1 aliphatic heterocycles. The number of hydrogen-bond acceptors (Lipinski definition) is 5. The number of furan rings is 1. The number of carboxylic acid groups (broad SMARTS) is 1. The summed E-state index contributed by atoms with van der Waals surface area (Å²) in [5.41, 5.74) is 8.94. The van der Waals surface area contributed by atoms with Gasteiger partial charge in [-0.2, -0.15) is 0 Å². The Kier molecular flexibility index (Phi) is 5.03. The molecule has 0 bridgehead atoms. The molecule has 5 rings (SSSR count). The summed E-state index contributed by atoms with van der Waals surface area (Å²) in [6.45, 7) is 0.320. The number of aliphatic carboxylic acids is 1. The Balaban J connectivity index is 1.59. The molecule has 1 aliphatic rings. The molecule has 0 spiro atoms. The van der Waals surface area contributed by atoms with Crippen molar-refractivity contribution in [1.29, 1.82) is 0 Å². The molecule has 1 unspecified atom stereocenters. The number of benzene rings is 3. The maximum absolute atomic E-state index is 15.1. The zero-order chi connectivity index (χ0) is 22.2. The molecule has 0 amide bonds. The first-order chi connectivity index (χ1) is 15.5. The van der Waals surface area contributed by atoms with Crippen molar-refractivity contribution >= 4 is 16.9 Å². The highest BCUT2D eigenvalue weighted by Crippen LogP contribution is 2.41. The third-order valence-electron chi connectivity index (χ3n) is 5.59. The largest absolute Gasteiger partial charge is 0.485 e. The van der Waals surface area contributed by atoms with Crippen LogP contribution in [0.25, 0.3) is 22.1 Å². The average molecular weight is 433 g/mol. The number of ether oxygens (including phenoxy) is 2. The van der Waals surface area contributed by atoms with Crippen molar-refractivity contribution in [3.8, 4) is 22.6 Å². The van der Waals surface area contributed by atoms with Gasteiger partial charge in [0.2, 0.25) is 0 Å². The number of para-hydroxylation sites is 1. The highest BCUT2D eigenvalue weighted by Gasteiger charge is 2.27. The van der Waals surface area contributed by atoms with E-state index < -0.39 is 12.1 Å². The van der Waals surface area contributed by atoms with Crippen molar-refractivity contribution in [2.45, 2.75) is 19.1 Å². The van der Waals surface area contributed by atoms with Gasteiger partial charge in [0.25, 0.3) is 0 Å². The number of hydrogen-bond donors (Lipinski definition) is 2. The van der Waals surface area contributed by atoms with Crippen molar-refractivity contribution in [1.82, 2.24) is 0 Å². The lowest BCUT2D eigenvalue weighted by Gasteiger charge is -2.28. The van der Waals surface area contributed by atoms with Gasteiger partial charge in [-0.15, -0.1) is 0 Å². The fourth-order valence-electron chi connectivity index (χ4n) is 4.05. The van der Waals surface area contributed by atoms with Gasteiger partial charge in [0.05, 0.1) is 12.7 Å². The number of halogens is 1. The van der Waals surface area contributed by atoms with E-state index in [-0.39, 0.29) is 25.4 Å². The molecule has 0 radical (unpaired) electrons. The van der Waals surface area contributed by atoms with Crippen LogP contribution in [0.3, 0.4) is 0 Å². The molecule has 162 valence electrons. The lowest BCUT2D eigenvalue weighted by Crippen LogP contribution is -2.23. The molecule has 0 saturated carbocycles. The van der Waals surface area contributed by atoms with Crippen molar-refractivity contribution in [3.63, 3.8) is 0 Å². The monoisotopic (exact) mass is 433 g/mol. The normalized spacial score (nSPS) is 15.1. The maximum Gasteiger partial charge on any atom is 0.307 e. The van der Waals surface area contributed by atoms with Gasteiger partial charge in [0.15, 0.2) is 17.6 Å². The highest BCUT2D eigenvalue weighted by molar-refractivity contribution is 5.93. The first-order valence-electron chi connectivity index (χ1n) is 10.2.